The Morgan fingerprint density at radius 1 is 1.11 bits per heavy atom. The first-order valence-corrected chi connectivity index (χ1v) is 10.9. The average Bonchev–Trinajstić information content (AvgIpc) is 3.40. The number of hydrogen-bond acceptors (Lipinski definition) is 4. The molecule has 5 rings (SSSR count). The summed E-state index contributed by atoms with van der Waals surface area (Å²) in [6.45, 7) is 5.43. The summed E-state index contributed by atoms with van der Waals surface area (Å²) in [5, 5.41) is 0.278. The Balaban J connectivity index is 1.58. The van der Waals surface area contributed by atoms with Crippen LogP contribution in [-0.4, -0.2) is 24.9 Å². The molecular weight excluding hydrogens is 461 g/mol. The molecular formula is C25H21F3N4O3. The van der Waals surface area contributed by atoms with Gasteiger partial charge in [0.2, 0.25) is 0 Å². The van der Waals surface area contributed by atoms with Crippen molar-refractivity contribution in [3.63, 3.8) is 0 Å². The van der Waals surface area contributed by atoms with Crippen molar-refractivity contribution in [1.82, 2.24) is 19.0 Å². The van der Waals surface area contributed by atoms with Crippen LogP contribution in [-0.2, 0) is 12.7 Å². The number of pyridine rings is 1. The van der Waals surface area contributed by atoms with E-state index in [-0.39, 0.29) is 23.2 Å². The molecule has 1 aromatic carbocycles. The smallest absolute Gasteiger partial charge is 0.416 e. The summed E-state index contributed by atoms with van der Waals surface area (Å²) in [5.41, 5.74) is 1.44. The molecule has 0 bridgehead atoms. The predicted molar refractivity (Wildman–Crippen MR) is 122 cm³/mol. The number of alkyl halides is 3. The molecule has 1 amide bonds. The minimum absolute atomic E-state index is 0.167. The predicted octanol–water partition coefficient (Wildman–Crippen LogP) is 5.23. The molecule has 1 aliphatic heterocycles. The van der Waals surface area contributed by atoms with Crippen LogP contribution < -0.4 is 5.56 Å². The lowest BCUT2D eigenvalue weighted by Gasteiger charge is -2.29. The number of carbonyl (C=O) groups excluding carboxylic acids is 1. The summed E-state index contributed by atoms with van der Waals surface area (Å²) in [6.07, 6.45) is 1.87. The number of aromatic nitrogens is 3. The van der Waals surface area contributed by atoms with Crippen LogP contribution in [0, 0.1) is 6.92 Å². The van der Waals surface area contributed by atoms with Gasteiger partial charge in [0.15, 0.2) is 0 Å². The second-order valence-electron chi connectivity index (χ2n) is 8.54. The average molecular weight is 482 g/mol. The van der Waals surface area contributed by atoms with E-state index >= 15 is 0 Å². The Kier molecular flexibility index (Phi) is 5.19. The number of hydrogen-bond donors (Lipinski definition) is 0. The molecule has 7 nitrogen and oxygen atoms in total. The third-order valence-corrected chi connectivity index (χ3v) is 6.30. The van der Waals surface area contributed by atoms with Gasteiger partial charge in [-0.25, -0.2) is 4.98 Å². The number of amides is 1. The number of nitrogens with zero attached hydrogens (tertiary/aromatic N) is 4. The van der Waals surface area contributed by atoms with Crippen LogP contribution in [0.15, 0.2) is 70.1 Å². The molecule has 0 fully saturated rings. The number of furan rings is 1. The summed E-state index contributed by atoms with van der Waals surface area (Å²) in [5.74, 6) is -0.435. The van der Waals surface area contributed by atoms with Crippen molar-refractivity contribution in [2.24, 2.45) is 0 Å². The fourth-order valence-corrected chi connectivity index (χ4v) is 4.46. The summed E-state index contributed by atoms with van der Waals surface area (Å²) >= 11 is 0. The molecule has 0 radical (unpaired) electrons. The van der Waals surface area contributed by atoms with Crippen LogP contribution in [0.4, 0.5) is 13.2 Å². The third-order valence-electron chi connectivity index (χ3n) is 6.30. The van der Waals surface area contributed by atoms with Crippen LogP contribution in [0.3, 0.4) is 0 Å². The van der Waals surface area contributed by atoms with Gasteiger partial charge in [0, 0.05) is 29.4 Å². The molecule has 3 aromatic heterocycles. The summed E-state index contributed by atoms with van der Waals surface area (Å²) in [4.78, 5) is 32.5. The SMILES string of the molecule is CC1=CCn2c(ccc(-n3cnc(C)c3)c2=O)C(=O)N1C(C)c1coc2ccc(C(F)(F)F)cc12. The fourth-order valence-electron chi connectivity index (χ4n) is 4.46. The molecule has 0 saturated heterocycles. The van der Waals surface area contributed by atoms with Gasteiger partial charge >= 0.3 is 6.18 Å². The van der Waals surface area contributed by atoms with Crippen LogP contribution in [0.25, 0.3) is 16.7 Å². The number of fused-ring (bicyclic) bond motifs is 2. The van der Waals surface area contributed by atoms with E-state index in [4.69, 9.17) is 4.42 Å². The number of rotatable bonds is 3. The Morgan fingerprint density at radius 3 is 2.57 bits per heavy atom. The second kappa shape index (κ2) is 8.00. The second-order valence-corrected chi connectivity index (χ2v) is 8.54. The molecule has 4 heterocycles. The van der Waals surface area contributed by atoms with E-state index in [2.05, 4.69) is 4.98 Å². The van der Waals surface area contributed by atoms with Crippen LogP contribution in [0.5, 0.6) is 0 Å². The topological polar surface area (TPSA) is 73.3 Å². The highest BCUT2D eigenvalue weighted by atomic mass is 19.4. The molecule has 0 spiro atoms. The first-order valence-electron chi connectivity index (χ1n) is 10.9. The molecule has 180 valence electrons. The van der Waals surface area contributed by atoms with Gasteiger partial charge in [-0.2, -0.15) is 13.2 Å². The van der Waals surface area contributed by atoms with Gasteiger partial charge in [-0.05, 0) is 57.2 Å². The largest absolute Gasteiger partial charge is 0.464 e. The lowest BCUT2D eigenvalue weighted by molar-refractivity contribution is -0.137. The number of aryl methyl sites for hydroxylation is 1. The van der Waals surface area contributed by atoms with Crippen LogP contribution in [0.1, 0.15) is 47.2 Å². The van der Waals surface area contributed by atoms with Crippen molar-refractivity contribution in [3.05, 3.63) is 93.8 Å². The number of benzene rings is 1. The quantitative estimate of drug-likeness (QED) is 0.401. The molecule has 1 atom stereocenters. The van der Waals surface area contributed by atoms with Gasteiger partial charge in [0.25, 0.3) is 11.5 Å². The summed E-state index contributed by atoms with van der Waals surface area (Å²) in [6, 6.07) is 5.76. The number of carbonyl (C=O) groups is 1. The molecule has 1 unspecified atom stereocenters. The molecule has 0 saturated carbocycles. The molecule has 10 heteroatoms. The van der Waals surface area contributed by atoms with Gasteiger partial charge in [0.05, 0.1) is 29.9 Å². The maximum absolute atomic E-state index is 13.6. The molecule has 4 aromatic rings. The van der Waals surface area contributed by atoms with Crippen molar-refractivity contribution in [3.8, 4) is 5.69 Å². The lowest BCUT2D eigenvalue weighted by atomic mass is 10.0. The Morgan fingerprint density at radius 2 is 1.89 bits per heavy atom. The third kappa shape index (κ3) is 3.74. The highest BCUT2D eigenvalue weighted by molar-refractivity contribution is 5.95. The highest BCUT2D eigenvalue weighted by Gasteiger charge is 2.33. The number of allylic oxidation sites excluding steroid dienone is 2. The van der Waals surface area contributed by atoms with Gasteiger partial charge in [-0.3, -0.25) is 14.2 Å². The normalized spacial score (nSPS) is 15.2. The van der Waals surface area contributed by atoms with Crippen molar-refractivity contribution < 1.29 is 22.4 Å². The minimum atomic E-state index is -4.51. The number of imidazole rings is 1. The minimum Gasteiger partial charge on any atom is -0.464 e. The van der Waals surface area contributed by atoms with Gasteiger partial charge < -0.3 is 13.9 Å². The first kappa shape index (κ1) is 22.7. The molecule has 0 aliphatic carbocycles. The Bertz CT molecular complexity index is 1560. The summed E-state index contributed by atoms with van der Waals surface area (Å²) in [7, 11) is 0. The van der Waals surface area contributed by atoms with E-state index in [0.29, 0.717) is 22.5 Å². The van der Waals surface area contributed by atoms with Gasteiger partial charge in [-0.1, -0.05) is 0 Å². The summed E-state index contributed by atoms with van der Waals surface area (Å²) < 4.78 is 48.4. The molecule has 1 aliphatic rings. The van der Waals surface area contributed by atoms with Gasteiger partial charge in [-0.15, -0.1) is 0 Å². The van der Waals surface area contributed by atoms with Crippen molar-refractivity contribution in [2.75, 3.05) is 0 Å². The van der Waals surface area contributed by atoms with Crippen molar-refractivity contribution in [1.29, 1.82) is 0 Å². The van der Waals surface area contributed by atoms with Crippen LogP contribution >= 0.6 is 0 Å². The zero-order valence-corrected chi connectivity index (χ0v) is 19.1. The van der Waals surface area contributed by atoms with E-state index < -0.39 is 23.7 Å². The monoisotopic (exact) mass is 482 g/mol. The van der Waals surface area contributed by atoms with E-state index in [1.54, 1.807) is 42.8 Å². The van der Waals surface area contributed by atoms with E-state index in [1.165, 1.54) is 28.1 Å². The number of halogens is 3. The van der Waals surface area contributed by atoms with Gasteiger partial charge in [0.1, 0.15) is 17.0 Å². The maximum Gasteiger partial charge on any atom is 0.416 e. The highest BCUT2D eigenvalue weighted by Crippen LogP contribution is 2.37. The zero-order chi connectivity index (χ0) is 25.1. The zero-order valence-electron chi connectivity index (χ0n) is 19.1. The van der Waals surface area contributed by atoms with Crippen LogP contribution in [0.2, 0.25) is 0 Å². The maximum atomic E-state index is 13.6. The van der Waals surface area contributed by atoms with E-state index in [0.717, 1.165) is 17.8 Å². The van der Waals surface area contributed by atoms with Crippen molar-refractivity contribution >= 4 is 16.9 Å². The van der Waals surface area contributed by atoms with E-state index in [1.807, 2.05) is 6.92 Å². The first-order chi connectivity index (χ1) is 16.6. The molecule has 35 heavy (non-hydrogen) atoms. The fraction of sp³-hybridized carbons (Fsp3) is 0.240. The molecule has 0 N–H and O–H groups in total. The Hall–Kier alpha value is -4.08. The van der Waals surface area contributed by atoms with Crippen molar-refractivity contribution in [2.45, 2.75) is 39.5 Å². The standard InChI is InChI=1S/C25H21F3N4O3/c1-14-11-30(13-29-14)20-5-6-21-24(34)32(15(2)8-9-31(21)23(20)33)16(3)19-12-35-22-7-4-17(10-18(19)22)25(26,27)28/h4-8,10-13,16H,9H2,1-3H3. The van der Waals surface area contributed by atoms with E-state index in [9.17, 15) is 22.8 Å². The lowest BCUT2D eigenvalue weighted by Crippen LogP contribution is -2.35. The Labute approximate surface area is 197 Å².